The second-order valence-corrected chi connectivity index (χ2v) is 4.29. The molecule has 3 N–H and O–H groups in total. The summed E-state index contributed by atoms with van der Waals surface area (Å²) in [7, 11) is 0. The lowest BCUT2D eigenvalue weighted by Crippen LogP contribution is -2.47. The van der Waals surface area contributed by atoms with Crippen molar-refractivity contribution in [3.63, 3.8) is 0 Å². The van der Waals surface area contributed by atoms with E-state index in [2.05, 4.69) is 11.4 Å². The van der Waals surface area contributed by atoms with E-state index in [-0.39, 0.29) is 23.8 Å². The largest absolute Gasteiger partial charge is 0.321 e. The van der Waals surface area contributed by atoms with Gasteiger partial charge in [0.2, 0.25) is 0 Å². The third-order valence-electron chi connectivity index (χ3n) is 3.23. The molecule has 1 saturated heterocycles. The molecule has 0 saturated carbocycles. The zero-order valence-corrected chi connectivity index (χ0v) is 9.36. The molecule has 1 fully saturated rings. The lowest BCUT2D eigenvalue weighted by atomic mass is 9.92. The Kier molecular flexibility index (Phi) is 4.25. The van der Waals surface area contributed by atoms with Crippen LogP contribution in [-0.2, 0) is 4.79 Å². The fourth-order valence-corrected chi connectivity index (χ4v) is 1.84. The van der Waals surface area contributed by atoms with Crippen LogP contribution in [0.4, 0.5) is 0 Å². The quantitative estimate of drug-likeness (QED) is 0.709. The highest BCUT2D eigenvalue weighted by molar-refractivity contribution is 5.89. The minimum absolute atomic E-state index is 0.0575. The Labute approximate surface area is 90.8 Å². The number of Topliss-reactive ketones (excluding diaryl/α,β-unsaturated/α-hetero) is 1. The van der Waals surface area contributed by atoms with Crippen molar-refractivity contribution in [2.45, 2.75) is 51.2 Å². The highest BCUT2D eigenvalue weighted by Crippen LogP contribution is 2.16. The molecular weight excluding hydrogens is 190 g/mol. The molecule has 0 aromatic carbocycles. The van der Waals surface area contributed by atoms with E-state index < -0.39 is 6.04 Å². The second-order valence-electron chi connectivity index (χ2n) is 4.29. The van der Waals surface area contributed by atoms with Gasteiger partial charge in [0.05, 0.1) is 24.2 Å². The zero-order chi connectivity index (χ0) is 11.4. The number of carbonyl (C=O) groups excluding carboxylic acids is 1. The van der Waals surface area contributed by atoms with E-state index in [1.165, 1.54) is 0 Å². The van der Waals surface area contributed by atoms with Gasteiger partial charge in [0.15, 0.2) is 5.78 Å². The van der Waals surface area contributed by atoms with Crippen molar-refractivity contribution in [2.24, 2.45) is 11.7 Å². The first-order valence-corrected chi connectivity index (χ1v) is 5.55. The van der Waals surface area contributed by atoms with Crippen LogP contribution in [0.2, 0.25) is 0 Å². The van der Waals surface area contributed by atoms with Crippen LogP contribution in [0.3, 0.4) is 0 Å². The molecule has 1 aliphatic heterocycles. The molecular formula is C11H19N3O. The molecule has 84 valence electrons. The first kappa shape index (κ1) is 12.2. The summed E-state index contributed by atoms with van der Waals surface area (Å²) < 4.78 is 0. The van der Waals surface area contributed by atoms with Gasteiger partial charge in [-0.1, -0.05) is 20.3 Å². The Bertz CT molecular complexity index is 271. The molecule has 0 aliphatic carbocycles. The molecule has 15 heavy (non-hydrogen) atoms. The van der Waals surface area contributed by atoms with Crippen molar-refractivity contribution >= 4 is 5.78 Å². The van der Waals surface area contributed by atoms with Crippen molar-refractivity contribution in [1.82, 2.24) is 5.32 Å². The number of nitrogens with zero attached hydrogens (tertiary/aromatic N) is 1. The average Bonchev–Trinajstić information content (AvgIpc) is 2.74. The molecule has 0 radical (unpaired) electrons. The van der Waals surface area contributed by atoms with Crippen molar-refractivity contribution in [3.05, 3.63) is 0 Å². The Morgan fingerprint density at radius 2 is 2.33 bits per heavy atom. The molecule has 1 unspecified atom stereocenters. The van der Waals surface area contributed by atoms with Crippen LogP contribution in [0.1, 0.15) is 33.1 Å². The summed E-state index contributed by atoms with van der Waals surface area (Å²) in [6.07, 6.45) is 2.39. The van der Waals surface area contributed by atoms with Crippen LogP contribution < -0.4 is 11.1 Å². The molecule has 1 rings (SSSR count). The van der Waals surface area contributed by atoms with Crippen molar-refractivity contribution < 1.29 is 4.79 Å². The second kappa shape index (κ2) is 5.24. The van der Waals surface area contributed by atoms with Crippen molar-refractivity contribution in [1.29, 1.82) is 5.26 Å². The topological polar surface area (TPSA) is 78.9 Å². The maximum absolute atomic E-state index is 11.9. The van der Waals surface area contributed by atoms with Gasteiger partial charge < -0.3 is 5.73 Å². The minimum Gasteiger partial charge on any atom is -0.321 e. The Morgan fingerprint density at radius 3 is 2.80 bits per heavy atom. The predicted octanol–water partition coefficient (Wildman–Crippen LogP) is 0.573. The third-order valence-corrected chi connectivity index (χ3v) is 3.23. The molecule has 0 aromatic heterocycles. The summed E-state index contributed by atoms with van der Waals surface area (Å²) in [5.74, 6) is 0.266. The van der Waals surface area contributed by atoms with Gasteiger partial charge in [-0.25, -0.2) is 0 Å². The number of carbonyl (C=O) groups is 1. The van der Waals surface area contributed by atoms with Crippen LogP contribution in [0.25, 0.3) is 0 Å². The van der Waals surface area contributed by atoms with Gasteiger partial charge in [-0.2, -0.15) is 5.26 Å². The first-order chi connectivity index (χ1) is 7.10. The fourth-order valence-electron chi connectivity index (χ4n) is 1.84. The molecule has 0 spiro atoms. The standard InChI is InChI=1S/C11H19N3O/c1-3-7(2)10(13)11(15)9-5-4-8(6-12)14-9/h7-10,14H,3-5,13H2,1-2H3/t7?,8-,9-,10-/m0/s1. The highest BCUT2D eigenvalue weighted by Gasteiger charge is 2.33. The normalized spacial score (nSPS) is 29.5. The van der Waals surface area contributed by atoms with Gasteiger partial charge in [-0.15, -0.1) is 0 Å². The Balaban J connectivity index is 2.52. The van der Waals surface area contributed by atoms with Crippen molar-refractivity contribution in [2.75, 3.05) is 0 Å². The summed E-state index contributed by atoms with van der Waals surface area (Å²) in [6.45, 7) is 4.01. The smallest absolute Gasteiger partial charge is 0.166 e. The molecule has 4 atom stereocenters. The molecule has 4 heteroatoms. The van der Waals surface area contributed by atoms with E-state index in [1.807, 2.05) is 13.8 Å². The molecule has 1 heterocycles. The monoisotopic (exact) mass is 209 g/mol. The van der Waals surface area contributed by atoms with Gasteiger partial charge in [-0.05, 0) is 18.8 Å². The number of nitriles is 1. The van der Waals surface area contributed by atoms with Crippen LogP contribution in [0.5, 0.6) is 0 Å². The van der Waals surface area contributed by atoms with Crippen LogP contribution in [-0.4, -0.2) is 23.9 Å². The third kappa shape index (κ3) is 2.77. The predicted molar refractivity (Wildman–Crippen MR) is 58.0 cm³/mol. The zero-order valence-electron chi connectivity index (χ0n) is 9.36. The summed E-state index contributed by atoms with van der Waals surface area (Å²) >= 11 is 0. The molecule has 4 nitrogen and oxygen atoms in total. The number of nitrogens with one attached hydrogen (secondary N) is 1. The van der Waals surface area contributed by atoms with Crippen molar-refractivity contribution in [3.8, 4) is 6.07 Å². The molecule has 0 amide bonds. The van der Waals surface area contributed by atoms with Gasteiger partial charge >= 0.3 is 0 Å². The number of hydrogen-bond acceptors (Lipinski definition) is 4. The maximum Gasteiger partial charge on any atom is 0.166 e. The summed E-state index contributed by atoms with van der Waals surface area (Å²) in [5, 5.41) is 11.7. The van der Waals surface area contributed by atoms with Crippen LogP contribution >= 0.6 is 0 Å². The van der Waals surface area contributed by atoms with Gasteiger partial charge in [0, 0.05) is 0 Å². The Morgan fingerprint density at radius 1 is 1.67 bits per heavy atom. The van der Waals surface area contributed by atoms with Gasteiger partial charge in [-0.3, -0.25) is 10.1 Å². The maximum atomic E-state index is 11.9. The summed E-state index contributed by atoms with van der Waals surface area (Å²) in [5.41, 5.74) is 5.87. The highest BCUT2D eigenvalue weighted by atomic mass is 16.1. The SMILES string of the molecule is CCC(C)[C@H](N)C(=O)[C@@H]1CC[C@@H](C#N)N1. The number of nitrogens with two attached hydrogens (primary N) is 1. The average molecular weight is 209 g/mol. The molecule has 0 bridgehead atoms. The van der Waals surface area contributed by atoms with E-state index in [1.54, 1.807) is 0 Å². The van der Waals surface area contributed by atoms with E-state index >= 15 is 0 Å². The van der Waals surface area contributed by atoms with E-state index in [9.17, 15) is 4.79 Å². The number of rotatable bonds is 4. The van der Waals surface area contributed by atoms with Gasteiger partial charge in [0.25, 0.3) is 0 Å². The van der Waals surface area contributed by atoms with E-state index in [0.717, 1.165) is 19.3 Å². The fraction of sp³-hybridized carbons (Fsp3) is 0.818. The lowest BCUT2D eigenvalue weighted by molar-refractivity contribution is -0.123. The Hall–Kier alpha value is -0.920. The number of ketones is 1. The molecule has 0 aromatic rings. The van der Waals surface area contributed by atoms with E-state index in [0.29, 0.717) is 0 Å². The summed E-state index contributed by atoms with van der Waals surface area (Å²) in [4.78, 5) is 11.9. The van der Waals surface area contributed by atoms with Gasteiger partial charge in [0.1, 0.15) is 0 Å². The number of hydrogen-bond donors (Lipinski definition) is 2. The summed E-state index contributed by atoms with van der Waals surface area (Å²) in [6, 6.07) is 1.34. The van der Waals surface area contributed by atoms with Crippen LogP contribution in [0, 0.1) is 17.2 Å². The minimum atomic E-state index is -0.398. The first-order valence-electron chi connectivity index (χ1n) is 5.55. The molecule has 1 aliphatic rings. The van der Waals surface area contributed by atoms with Crippen LogP contribution in [0.15, 0.2) is 0 Å². The lowest BCUT2D eigenvalue weighted by Gasteiger charge is -2.20. The van der Waals surface area contributed by atoms with E-state index in [4.69, 9.17) is 11.0 Å².